The molecule has 0 radical (unpaired) electrons. The predicted octanol–water partition coefficient (Wildman–Crippen LogP) is 0.499. The third kappa shape index (κ3) is 2.66. The summed E-state index contributed by atoms with van der Waals surface area (Å²) in [5, 5.41) is 0. The Kier molecular flexibility index (Phi) is 3.47. The van der Waals surface area contributed by atoms with Gasteiger partial charge in [0, 0.05) is 19.2 Å². The molecule has 3 N–H and O–H groups in total. The van der Waals surface area contributed by atoms with Crippen molar-refractivity contribution in [2.45, 2.75) is 20.3 Å². The third-order valence-corrected chi connectivity index (χ3v) is 3.59. The third-order valence-electron chi connectivity index (χ3n) is 3.59. The molecule has 94 valence electrons. The molecule has 2 unspecified atom stereocenters. The van der Waals surface area contributed by atoms with Crippen LogP contribution in [0.2, 0.25) is 0 Å². The van der Waals surface area contributed by atoms with Gasteiger partial charge in [-0.15, -0.1) is 0 Å². The van der Waals surface area contributed by atoms with E-state index in [0.29, 0.717) is 24.2 Å². The van der Waals surface area contributed by atoms with E-state index in [1.54, 1.807) is 13.0 Å². The Bertz CT molecular complexity index is 442. The van der Waals surface area contributed by atoms with Crippen molar-refractivity contribution in [1.29, 1.82) is 0 Å². The topological polar surface area (TPSA) is 75.0 Å². The fourth-order valence-corrected chi connectivity index (χ4v) is 2.39. The van der Waals surface area contributed by atoms with Crippen molar-refractivity contribution in [3.05, 3.63) is 22.2 Å². The van der Waals surface area contributed by atoms with E-state index in [4.69, 9.17) is 5.73 Å². The van der Waals surface area contributed by atoms with E-state index < -0.39 is 0 Å². The van der Waals surface area contributed by atoms with Crippen LogP contribution >= 0.6 is 0 Å². The second kappa shape index (κ2) is 4.87. The van der Waals surface area contributed by atoms with Gasteiger partial charge in [0.25, 0.3) is 5.56 Å². The number of nitrogens with two attached hydrogens (primary N) is 1. The fourth-order valence-electron chi connectivity index (χ4n) is 2.39. The van der Waals surface area contributed by atoms with Crippen LogP contribution in [0, 0.1) is 18.8 Å². The molecule has 1 aliphatic rings. The number of rotatable bonds is 2. The molecule has 2 atom stereocenters. The SMILES string of the molecule is Cc1nc(N2CCC(C)C(CN)C2)cc(=O)[nH]1. The lowest BCUT2D eigenvalue weighted by molar-refractivity contribution is 0.306. The lowest BCUT2D eigenvalue weighted by Gasteiger charge is -2.37. The molecule has 5 nitrogen and oxygen atoms in total. The first kappa shape index (κ1) is 12.1. The molecule has 1 aromatic heterocycles. The van der Waals surface area contributed by atoms with Crippen LogP contribution in [0.3, 0.4) is 0 Å². The van der Waals surface area contributed by atoms with Crippen LogP contribution in [0.25, 0.3) is 0 Å². The number of H-pyrrole nitrogens is 1. The zero-order chi connectivity index (χ0) is 12.4. The van der Waals surface area contributed by atoms with Gasteiger partial charge in [0.1, 0.15) is 11.6 Å². The van der Waals surface area contributed by atoms with Gasteiger partial charge < -0.3 is 15.6 Å². The monoisotopic (exact) mass is 236 g/mol. The number of hydrogen-bond donors (Lipinski definition) is 2. The molecule has 2 rings (SSSR count). The molecule has 1 saturated heterocycles. The summed E-state index contributed by atoms with van der Waals surface area (Å²) in [6, 6.07) is 1.57. The van der Waals surface area contributed by atoms with Crippen molar-refractivity contribution in [2.75, 3.05) is 24.5 Å². The van der Waals surface area contributed by atoms with E-state index in [1.165, 1.54) is 0 Å². The van der Waals surface area contributed by atoms with Gasteiger partial charge in [-0.3, -0.25) is 4.79 Å². The van der Waals surface area contributed by atoms with Crippen LogP contribution in [0.15, 0.2) is 10.9 Å². The fraction of sp³-hybridized carbons (Fsp3) is 0.667. The standard InChI is InChI=1S/C12H20N4O/c1-8-3-4-16(7-10(8)6-13)11-5-12(17)15-9(2)14-11/h5,8,10H,3-4,6-7,13H2,1-2H3,(H,14,15,17). The minimum atomic E-state index is -0.0876. The molecule has 1 fully saturated rings. The number of nitrogens with zero attached hydrogens (tertiary/aromatic N) is 2. The summed E-state index contributed by atoms with van der Waals surface area (Å²) < 4.78 is 0. The normalized spacial score (nSPS) is 25.0. The van der Waals surface area contributed by atoms with Gasteiger partial charge >= 0.3 is 0 Å². The van der Waals surface area contributed by atoms with Crippen molar-refractivity contribution < 1.29 is 0 Å². The highest BCUT2D eigenvalue weighted by Crippen LogP contribution is 2.24. The van der Waals surface area contributed by atoms with E-state index in [0.717, 1.165) is 25.3 Å². The van der Waals surface area contributed by atoms with Crippen molar-refractivity contribution in [3.63, 3.8) is 0 Å². The molecular weight excluding hydrogens is 216 g/mol. The van der Waals surface area contributed by atoms with Crippen LogP contribution in [0.4, 0.5) is 5.82 Å². The van der Waals surface area contributed by atoms with Crippen LogP contribution in [0.5, 0.6) is 0 Å². The number of aryl methyl sites for hydroxylation is 1. The smallest absolute Gasteiger partial charge is 0.252 e. The number of piperidine rings is 1. The van der Waals surface area contributed by atoms with E-state index in [9.17, 15) is 4.79 Å². The average Bonchev–Trinajstić information content (AvgIpc) is 2.28. The summed E-state index contributed by atoms with van der Waals surface area (Å²) >= 11 is 0. The molecule has 0 aliphatic carbocycles. The van der Waals surface area contributed by atoms with Crippen molar-refractivity contribution in [1.82, 2.24) is 9.97 Å². The molecule has 2 heterocycles. The summed E-state index contributed by atoms with van der Waals surface area (Å²) in [6.07, 6.45) is 1.11. The first-order chi connectivity index (χ1) is 8.10. The lowest BCUT2D eigenvalue weighted by atomic mass is 9.87. The summed E-state index contributed by atoms with van der Waals surface area (Å²) in [5.74, 6) is 2.58. The predicted molar refractivity (Wildman–Crippen MR) is 68.1 cm³/mol. The molecule has 5 heteroatoms. The summed E-state index contributed by atoms with van der Waals surface area (Å²) in [6.45, 7) is 6.59. The molecule has 0 bridgehead atoms. The van der Waals surface area contributed by atoms with Gasteiger partial charge in [-0.25, -0.2) is 4.98 Å². The Hall–Kier alpha value is -1.36. The van der Waals surface area contributed by atoms with Crippen LogP contribution in [-0.2, 0) is 0 Å². The Morgan fingerprint density at radius 1 is 1.65 bits per heavy atom. The quantitative estimate of drug-likeness (QED) is 0.784. The van der Waals surface area contributed by atoms with E-state index in [2.05, 4.69) is 21.8 Å². The zero-order valence-corrected chi connectivity index (χ0v) is 10.4. The number of hydrogen-bond acceptors (Lipinski definition) is 4. The lowest BCUT2D eigenvalue weighted by Crippen LogP contribution is -2.43. The highest BCUT2D eigenvalue weighted by Gasteiger charge is 2.25. The first-order valence-electron chi connectivity index (χ1n) is 6.13. The molecular formula is C12H20N4O. The summed E-state index contributed by atoms with van der Waals surface area (Å²) in [7, 11) is 0. The molecule has 1 aliphatic heterocycles. The number of aromatic amines is 1. The zero-order valence-electron chi connectivity index (χ0n) is 10.4. The second-order valence-electron chi connectivity index (χ2n) is 4.90. The molecule has 17 heavy (non-hydrogen) atoms. The average molecular weight is 236 g/mol. The van der Waals surface area contributed by atoms with Crippen LogP contribution < -0.4 is 16.2 Å². The van der Waals surface area contributed by atoms with E-state index >= 15 is 0 Å². The Balaban J connectivity index is 2.20. The van der Waals surface area contributed by atoms with Gasteiger partial charge in [0.15, 0.2) is 0 Å². The van der Waals surface area contributed by atoms with Crippen molar-refractivity contribution in [2.24, 2.45) is 17.6 Å². The maximum absolute atomic E-state index is 11.4. The van der Waals surface area contributed by atoms with E-state index in [1.807, 2.05) is 0 Å². The van der Waals surface area contributed by atoms with Crippen molar-refractivity contribution >= 4 is 5.82 Å². The highest BCUT2D eigenvalue weighted by atomic mass is 16.1. The second-order valence-corrected chi connectivity index (χ2v) is 4.90. The van der Waals surface area contributed by atoms with Crippen LogP contribution in [0.1, 0.15) is 19.2 Å². The van der Waals surface area contributed by atoms with E-state index in [-0.39, 0.29) is 5.56 Å². The van der Waals surface area contributed by atoms with Gasteiger partial charge in [-0.05, 0) is 31.7 Å². The Morgan fingerprint density at radius 3 is 3.06 bits per heavy atom. The van der Waals surface area contributed by atoms with Gasteiger partial charge in [0.05, 0.1) is 0 Å². The molecule has 0 saturated carbocycles. The highest BCUT2D eigenvalue weighted by molar-refractivity contribution is 5.38. The minimum absolute atomic E-state index is 0.0876. The Morgan fingerprint density at radius 2 is 2.41 bits per heavy atom. The van der Waals surface area contributed by atoms with Gasteiger partial charge in [-0.1, -0.05) is 6.92 Å². The molecule has 0 spiro atoms. The minimum Gasteiger partial charge on any atom is -0.356 e. The van der Waals surface area contributed by atoms with Crippen LogP contribution in [-0.4, -0.2) is 29.6 Å². The molecule has 0 amide bonds. The van der Waals surface area contributed by atoms with Gasteiger partial charge in [-0.2, -0.15) is 0 Å². The first-order valence-corrected chi connectivity index (χ1v) is 6.13. The number of anilines is 1. The summed E-state index contributed by atoms with van der Waals surface area (Å²) in [4.78, 5) is 20.6. The molecule has 1 aromatic rings. The van der Waals surface area contributed by atoms with Gasteiger partial charge in [0.2, 0.25) is 0 Å². The number of aromatic nitrogens is 2. The largest absolute Gasteiger partial charge is 0.356 e. The number of nitrogens with one attached hydrogen (secondary N) is 1. The molecule has 0 aromatic carbocycles. The Labute approximate surface area is 101 Å². The maximum atomic E-state index is 11.4. The maximum Gasteiger partial charge on any atom is 0.252 e. The summed E-state index contributed by atoms with van der Waals surface area (Å²) in [5.41, 5.74) is 5.69. The van der Waals surface area contributed by atoms with Crippen molar-refractivity contribution in [3.8, 4) is 0 Å².